The molecule has 1 N–H and O–H groups in total. The Bertz CT molecular complexity index is 978. The highest BCUT2D eigenvalue weighted by Gasteiger charge is 2.22. The average molecular weight is 383 g/mol. The SMILES string of the molecule is Cc1cccc(-c2noc(CCCC(=O)Nc3c4c(nn3C)CSC4)n2)c1. The predicted octanol–water partition coefficient (Wildman–Crippen LogP) is 3.49. The molecular weight excluding hydrogens is 362 g/mol. The van der Waals surface area contributed by atoms with E-state index in [0.717, 1.165) is 39.7 Å². The fourth-order valence-electron chi connectivity index (χ4n) is 3.15. The minimum Gasteiger partial charge on any atom is -0.339 e. The van der Waals surface area contributed by atoms with Gasteiger partial charge < -0.3 is 9.84 Å². The maximum atomic E-state index is 12.3. The van der Waals surface area contributed by atoms with E-state index >= 15 is 0 Å². The second-order valence-corrected chi connectivity index (χ2v) is 7.66. The summed E-state index contributed by atoms with van der Waals surface area (Å²) in [7, 11) is 1.86. The van der Waals surface area contributed by atoms with Crippen LogP contribution in [-0.2, 0) is 29.8 Å². The van der Waals surface area contributed by atoms with Gasteiger partial charge in [-0.3, -0.25) is 9.48 Å². The summed E-state index contributed by atoms with van der Waals surface area (Å²) in [6, 6.07) is 7.98. The number of nitrogens with zero attached hydrogens (tertiary/aromatic N) is 4. The third-order valence-electron chi connectivity index (χ3n) is 4.51. The van der Waals surface area contributed by atoms with E-state index in [9.17, 15) is 4.79 Å². The summed E-state index contributed by atoms with van der Waals surface area (Å²) in [5.74, 6) is 3.76. The third kappa shape index (κ3) is 3.90. The zero-order valence-corrected chi connectivity index (χ0v) is 16.2. The van der Waals surface area contributed by atoms with Crippen molar-refractivity contribution in [2.45, 2.75) is 37.7 Å². The lowest BCUT2D eigenvalue weighted by atomic mass is 10.1. The van der Waals surface area contributed by atoms with Crippen LogP contribution in [-0.4, -0.2) is 25.8 Å². The topological polar surface area (TPSA) is 85.8 Å². The Labute approximate surface area is 161 Å². The lowest BCUT2D eigenvalue weighted by molar-refractivity contribution is -0.116. The number of hydrogen-bond donors (Lipinski definition) is 1. The molecule has 0 bridgehead atoms. The zero-order chi connectivity index (χ0) is 18.8. The number of rotatable bonds is 6. The monoisotopic (exact) mass is 383 g/mol. The highest BCUT2D eigenvalue weighted by atomic mass is 32.2. The molecule has 27 heavy (non-hydrogen) atoms. The van der Waals surface area contributed by atoms with E-state index in [-0.39, 0.29) is 5.91 Å². The molecule has 140 valence electrons. The van der Waals surface area contributed by atoms with Gasteiger partial charge in [-0.25, -0.2) is 0 Å². The number of benzene rings is 1. The number of thioether (sulfide) groups is 1. The van der Waals surface area contributed by atoms with Crippen molar-refractivity contribution in [3.8, 4) is 11.4 Å². The molecule has 0 saturated heterocycles. The highest BCUT2D eigenvalue weighted by Crippen LogP contribution is 2.34. The number of anilines is 1. The Morgan fingerprint density at radius 1 is 1.37 bits per heavy atom. The molecule has 0 spiro atoms. The van der Waals surface area contributed by atoms with Gasteiger partial charge in [0.15, 0.2) is 0 Å². The lowest BCUT2D eigenvalue weighted by Gasteiger charge is -2.07. The summed E-state index contributed by atoms with van der Waals surface area (Å²) in [5, 5.41) is 11.5. The summed E-state index contributed by atoms with van der Waals surface area (Å²) >= 11 is 1.82. The van der Waals surface area contributed by atoms with Crippen molar-refractivity contribution in [1.29, 1.82) is 0 Å². The fourth-order valence-corrected chi connectivity index (χ4v) is 4.18. The molecule has 0 unspecified atom stereocenters. The molecule has 0 radical (unpaired) electrons. The van der Waals surface area contributed by atoms with Gasteiger partial charge >= 0.3 is 0 Å². The standard InChI is InChI=1S/C19H21N5O2S/c1-12-5-3-6-13(9-12)18-21-17(26-23-18)8-4-7-16(25)20-19-14-10-27-11-15(14)22-24(19)2/h3,5-6,9H,4,7-8,10-11H2,1-2H3,(H,20,25). The van der Waals surface area contributed by atoms with Gasteiger partial charge in [0.05, 0.1) is 5.69 Å². The molecule has 0 fully saturated rings. The third-order valence-corrected chi connectivity index (χ3v) is 5.48. The van der Waals surface area contributed by atoms with Gasteiger partial charge in [0.2, 0.25) is 17.6 Å². The molecule has 1 aliphatic rings. The summed E-state index contributed by atoms with van der Waals surface area (Å²) in [6.07, 6.45) is 1.62. The molecule has 1 aromatic carbocycles. The Balaban J connectivity index is 1.31. The van der Waals surface area contributed by atoms with Crippen LogP contribution in [0.2, 0.25) is 0 Å². The highest BCUT2D eigenvalue weighted by molar-refractivity contribution is 7.98. The number of amides is 1. The second kappa shape index (κ2) is 7.56. The number of aromatic nitrogens is 4. The van der Waals surface area contributed by atoms with E-state index in [2.05, 4.69) is 20.6 Å². The first-order chi connectivity index (χ1) is 13.1. The van der Waals surface area contributed by atoms with Gasteiger partial charge in [0.1, 0.15) is 5.82 Å². The molecular formula is C19H21N5O2S. The van der Waals surface area contributed by atoms with Crippen LogP contribution in [0.1, 0.15) is 35.6 Å². The largest absolute Gasteiger partial charge is 0.339 e. The molecule has 7 nitrogen and oxygen atoms in total. The van der Waals surface area contributed by atoms with Crippen LogP contribution in [0.4, 0.5) is 5.82 Å². The van der Waals surface area contributed by atoms with Gasteiger partial charge in [0.25, 0.3) is 0 Å². The van der Waals surface area contributed by atoms with Gasteiger partial charge in [-0.1, -0.05) is 28.9 Å². The van der Waals surface area contributed by atoms with Crippen LogP contribution in [0.5, 0.6) is 0 Å². The van der Waals surface area contributed by atoms with Crippen molar-refractivity contribution in [3.05, 3.63) is 47.0 Å². The van der Waals surface area contributed by atoms with Gasteiger partial charge in [-0.05, 0) is 19.4 Å². The Hall–Kier alpha value is -2.61. The molecule has 1 amide bonds. The van der Waals surface area contributed by atoms with E-state index in [0.29, 0.717) is 31.0 Å². The fraction of sp³-hybridized carbons (Fsp3) is 0.368. The first kappa shape index (κ1) is 17.8. The normalized spacial score (nSPS) is 13.0. The second-order valence-electron chi connectivity index (χ2n) is 6.67. The molecule has 0 atom stereocenters. The number of carbonyl (C=O) groups excluding carboxylic acids is 1. The van der Waals surface area contributed by atoms with Gasteiger partial charge in [0, 0.05) is 42.5 Å². The molecule has 2 aromatic heterocycles. The van der Waals surface area contributed by atoms with Crippen LogP contribution in [0, 0.1) is 6.92 Å². The molecule has 8 heteroatoms. The number of fused-ring (bicyclic) bond motifs is 1. The van der Waals surface area contributed by atoms with Crippen LogP contribution in [0.25, 0.3) is 11.4 Å². The summed E-state index contributed by atoms with van der Waals surface area (Å²) in [6.45, 7) is 2.03. The van der Waals surface area contributed by atoms with Crippen LogP contribution >= 0.6 is 11.8 Å². The zero-order valence-electron chi connectivity index (χ0n) is 15.4. The average Bonchev–Trinajstić information content (AvgIpc) is 3.34. The first-order valence-electron chi connectivity index (χ1n) is 8.92. The summed E-state index contributed by atoms with van der Waals surface area (Å²) in [5.41, 5.74) is 4.31. The smallest absolute Gasteiger partial charge is 0.226 e. The van der Waals surface area contributed by atoms with Gasteiger partial charge in [-0.15, -0.1) is 0 Å². The van der Waals surface area contributed by atoms with Crippen molar-refractivity contribution < 1.29 is 9.32 Å². The quantitative estimate of drug-likeness (QED) is 0.701. The van der Waals surface area contributed by atoms with Crippen molar-refractivity contribution in [1.82, 2.24) is 19.9 Å². The molecule has 3 heterocycles. The summed E-state index contributed by atoms with van der Waals surface area (Å²) in [4.78, 5) is 16.7. The van der Waals surface area contributed by atoms with E-state index in [1.54, 1.807) is 4.68 Å². The van der Waals surface area contributed by atoms with Crippen LogP contribution < -0.4 is 5.32 Å². The minimum absolute atomic E-state index is 0.0175. The molecule has 1 aliphatic heterocycles. The number of nitrogens with one attached hydrogen (secondary N) is 1. The summed E-state index contributed by atoms with van der Waals surface area (Å²) < 4.78 is 7.07. The van der Waals surface area contributed by atoms with Crippen molar-refractivity contribution in [2.24, 2.45) is 7.05 Å². The first-order valence-corrected chi connectivity index (χ1v) is 10.1. The Kier molecular flexibility index (Phi) is 4.98. The van der Waals surface area contributed by atoms with Crippen molar-refractivity contribution in [3.63, 3.8) is 0 Å². The molecule has 4 rings (SSSR count). The van der Waals surface area contributed by atoms with E-state index < -0.39 is 0 Å². The van der Waals surface area contributed by atoms with Crippen molar-refractivity contribution >= 4 is 23.5 Å². The number of aryl methyl sites for hydroxylation is 3. The Morgan fingerprint density at radius 3 is 3.11 bits per heavy atom. The van der Waals surface area contributed by atoms with Gasteiger partial charge in [-0.2, -0.15) is 21.8 Å². The van der Waals surface area contributed by atoms with Crippen LogP contribution in [0.15, 0.2) is 28.8 Å². The van der Waals surface area contributed by atoms with Crippen LogP contribution in [0.3, 0.4) is 0 Å². The molecule has 0 saturated carbocycles. The Morgan fingerprint density at radius 2 is 2.26 bits per heavy atom. The van der Waals surface area contributed by atoms with Crippen molar-refractivity contribution in [2.75, 3.05) is 5.32 Å². The van der Waals surface area contributed by atoms with E-state index in [1.807, 2.05) is 50.0 Å². The maximum Gasteiger partial charge on any atom is 0.226 e. The number of hydrogen-bond acceptors (Lipinski definition) is 6. The minimum atomic E-state index is -0.0175. The molecule has 0 aliphatic carbocycles. The van der Waals surface area contributed by atoms with E-state index in [4.69, 9.17) is 4.52 Å². The lowest BCUT2D eigenvalue weighted by Crippen LogP contribution is -2.15. The maximum absolute atomic E-state index is 12.3. The number of carbonyl (C=O) groups is 1. The molecule has 3 aromatic rings. The predicted molar refractivity (Wildman–Crippen MR) is 104 cm³/mol. The van der Waals surface area contributed by atoms with E-state index in [1.165, 1.54) is 0 Å².